The molecule has 3 N–H and O–H groups in total. The molecule has 1 unspecified atom stereocenters. The first kappa shape index (κ1) is 11.2. The van der Waals surface area contributed by atoms with Crippen LogP contribution in [-0.2, 0) is 4.74 Å². The highest BCUT2D eigenvalue weighted by molar-refractivity contribution is 5.81. The first-order valence-corrected chi connectivity index (χ1v) is 3.39. The average molecular weight is 184 g/mol. The molecule has 0 heterocycles. The fourth-order valence-electron chi connectivity index (χ4n) is 0.623. The second kappa shape index (κ2) is 4.30. The Kier molecular flexibility index (Phi) is 4.02. The van der Waals surface area contributed by atoms with E-state index in [-0.39, 0.29) is 12.3 Å². The van der Waals surface area contributed by atoms with Crippen LogP contribution >= 0.6 is 0 Å². The molecule has 0 saturated heterocycles. The number of hydrogen-bond acceptors (Lipinski definition) is 2. The maximum Gasteiger partial charge on any atom is 0.411 e. The Hall–Kier alpha value is -0.780. The van der Waals surface area contributed by atoms with E-state index in [1.54, 1.807) is 6.92 Å². The van der Waals surface area contributed by atoms with Crippen molar-refractivity contribution in [2.75, 3.05) is 6.61 Å². The Morgan fingerprint density at radius 3 is 2.33 bits per heavy atom. The molecule has 0 saturated carbocycles. The van der Waals surface area contributed by atoms with Crippen LogP contribution in [0.1, 0.15) is 13.3 Å². The zero-order chi connectivity index (χ0) is 9.78. The maximum absolute atomic E-state index is 11.6. The van der Waals surface area contributed by atoms with Gasteiger partial charge in [-0.25, -0.2) is 0 Å². The van der Waals surface area contributed by atoms with Gasteiger partial charge < -0.3 is 10.5 Å². The van der Waals surface area contributed by atoms with Crippen LogP contribution in [-0.4, -0.2) is 24.7 Å². The highest BCUT2D eigenvalue weighted by Gasteiger charge is 2.29. The van der Waals surface area contributed by atoms with Crippen molar-refractivity contribution in [3.63, 3.8) is 0 Å². The van der Waals surface area contributed by atoms with E-state index in [2.05, 4.69) is 4.74 Å². The molecule has 12 heavy (non-hydrogen) atoms. The second-order valence-corrected chi connectivity index (χ2v) is 2.28. The van der Waals surface area contributed by atoms with Crippen molar-refractivity contribution in [3.8, 4) is 0 Å². The minimum absolute atomic E-state index is 0.269. The molecule has 0 aliphatic carbocycles. The molecule has 0 aromatic carbocycles. The third-order valence-electron chi connectivity index (χ3n) is 1.17. The molecule has 0 amide bonds. The van der Waals surface area contributed by atoms with Gasteiger partial charge in [-0.05, 0) is 6.42 Å². The van der Waals surface area contributed by atoms with Crippen LogP contribution in [0.4, 0.5) is 13.2 Å². The minimum Gasteiger partial charge on any atom is -0.385 e. The normalized spacial score (nSPS) is 14.3. The number of nitrogens with one attached hydrogen (secondary N) is 1. The van der Waals surface area contributed by atoms with Gasteiger partial charge in [-0.2, -0.15) is 13.2 Å². The summed E-state index contributed by atoms with van der Waals surface area (Å²) in [5.74, 6) is -0.373. The Morgan fingerprint density at radius 1 is 1.58 bits per heavy atom. The summed E-state index contributed by atoms with van der Waals surface area (Å²) in [6, 6.07) is 0. The monoisotopic (exact) mass is 184 g/mol. The number of nitrogens with two attached hydrogens (primary N) is 1. The largest absolute Gasteiger partial charge is 0.411 e. The molecule has 0 aliphatic rings. The lowest BCUT2D eigenvalue weighted by atomic mass is 10.2. The Bertz CT molecular complexity index is 157. The highest BCUT2D eigenvalue weighted by atomic mass is 19.4. The Balaban J connectivity index is 3.81. The number of alkyl halides is 3. The van der Waals surface area contributed by atoms with Crippen LogP contribution in [0.15, 0.2) is 0 Å². The lowest BCUT2D eigenvalue weighted by molar-refractivity contribution is -0.179. The van der Waals surface area contributed by atoms with E-state index < -0.39 is 18.9 Å². The molecule has 0 aromatic rings. The SMILES string of the molecule is CCC(OCC(F)(F)F)C(=N)N. The molecule has 0 rings (SSSR count). The second-order valence-electron chi connectivity index (χ2n) is 2.28. The lowest BCUT2D eigenvalue weighted by Crippen LogP contribution is -2.33. The van der Waals surface area contributed by atoms with Crippen molar-refractivity contribution in [2.24, 2.45) is 5.73 Å². The summed E-state index contributed by atoms with van der Waals surface area (Å²) in [6.45, 7) is 0.244. The standard InChI is InChI=1S/C6H11F3N2O/c1-2-4(5(10)11)12-3-6(7,8)9/h4H,2-3H2,1H3,(H3,10,11). The third kappa shape index (κ3) is 4.95. The van der Waals surface area contributed by atoms with E-state index in [1.807, 2.05) is 0 Å². The first-order chi connectivity index (χ1) is 5.37. The Labute approximate surface area is 68.2 Å². The quantitative estimate of drug-likeness (QED) is 0.510. The molecule has 72 valence electrons. The summed E-state index contributed by atoms with van der Waals surface area (Å²) >= 11 is 0. The highest BCUT2D eigenvalue weighted by Crippen LogP contribution is 2.15. The van der Waals surface area contributed by atoms with E-state index in [0.29, 0.717) is 0 Å². The molecule has 0 spiro atoms. The third-order valence-corrected chi connectivity index (χ3v) is 1.17. The van der Waals surface area contributed by atoms with Gasteiger partial charge in [0.15, 0.2) is 0 Å². The van der Waals surface area contributed by atoms with E-state index in [4.69, 9.17) is 11.1 Å². The maximum atomic E-state index is 11.6. The van der Waals surface area contributed by atoms with Crippen LogP contribution in [0.3, 0.4) is 0 Å². The van der Waals surface area contributed by atoms with Crippen molar-refractivity contribution in [1.29, 1.82) is 5.41 Å². The van der Waals surface area contributed by atoms with Gasteiger partial charge in [0.25, 0.3) is 0 Å². The number of ether oxygens (including phenoxy) is 1. The van der Waals surface area contributed by atoms with Gasteiger partial charge in [0, 0.05) is 0 Å². The first-order valence-electron chi connectivity index (χ1n) is 3.39. The summed E-state index contributed by atoms with van der Waals surface area (Å²) in [4.78, 5) is 0. The van der Waals surface area contributed by atoms with Crippen LogP contribution in [0.25, 0.3) is 0 Å². The molecule has 3 nitrogen and oxygen atoms in total. The smallest absolute Gasteiger partial charge is 0.385 e. The van der Waals surface area contributed by atoms with Gasteiger partial charge in [0.1, 0.15) is 18.5 Å². The van der Waals surface area contributed by atoms with Crippen molar-refractivity contribution >= 4 is 5.84 Å². The molecular weight excluding hydrogens is 173 g/mol. The molecule has 0 bridgehead atoms. The van der Waals surface area contributed by atoms with Gasteiger partial charge in [0.2, 0.25) is 0 Å². The molecular formula is C6H11F3N2O. The van der Waals surface area contributed by atoms with Crippen molar-refractivity contribution in [1.82, 2.24) is 0 Å². The zero-order valence-corrected chi connectivity index (χ0v) is 6.61. The van der Waals surface area contributed by atoms with Gasteiger partial charge in [-0.15, -0.1) is 0 Å². The van der Waals surface area contributed by atoms with Gasteiger partial charge in [-0.1, -0.05) is 6.92 Å². The molecule has 0 aromatic heterocycles. The molecule has 0 aliphatic heterocycles. The molecule has 1 atom stereocenters. The predicted molar refractivity (Wildman–Crippen MR) is 38.0 cm³/mol. The average Bonchev–Trinajstić information content (AvgIpc) is 1.85. The number of amidine groups is 1. The van der Waals surface area contributed by atoms with E-state index in [1.165, 1.54) is 0 Å². The summed E-state index contributed by atoms with van der Waals surface area (Å²) in [5, 5.41) is 6.84. The van der Waals surface area contributed by atoms with E-state index >= 15 is 0 Å². The fourth-order valence-corrected chi connectivity index (χ4v) is 0.623. The molecule has 0 fully saturated rings. The van der Waals surface area contributed by atoms with Crippen LogP contribution in [0.5, 0.6) is 0 Å². The Morgan fingerprint density at radius 2 is 2.08 bits per heavy atom. The molecule has 0 radical (unpaired) electrons. The van der Waals surface area contributed by atoms with Crippen LogP contribution < -0.4 is 5.73 Å². The molecule has 6 heteroatoms. The zero-order valence-electron chi connectivity index (χ0n) is 6.61. The van der Waals surface area contributed by atoms with Gasteiger partial charge >= 0.3 is 6.18 Å². The fraction of sp³-hybridized carbons (Fsp3) is 0.833. The topological polar surface area (TPSA) is 59.1 Å². The number of halogens is 3. The summed E-state index contributed by atoms with van der Waals surface area (Å²) in [6.07, 6.45) is -5.01. The van der Waals surface area contributed by atoms with E-state index in [0.717, 1.165) is 0 Å². The minimum atomic E-state index is -4.36. The lowest BCUT2D eigenvalue weighted by Gasteiger charge is -2.15. The van der Waals surface area contributed by atoms with Crippen molar-refractivity contribution in [2.45, 2.75) is 25.6 Å². The number of rotatable bonds is 4. The van der Waals surface area contributed by atoms with E-state index in [9.17, 15) is 13.2 Å². The van der Waals surface area contributed by atoms with Gasteiger partial charge in [0.05, 0.1) is 0 Å². The van der Waals surface area contributed by atoms with Crippen LogP contribution in [0, 0.1) is 5.41 Å². The van der Waals surface area contributed by atoms with Crippen LogP contribution in [0.2, 0.25) is 0 Å². The van der Waals surface area contributed by atoms with Crippen molar-refractivity contribution in [3.05, 3.63) is 0 Å². The number of hydrogen-bond donors (Lipinski definition) is 2. The summed E-state index contributed by atoms with van der Waals surface area (Å²) in [7, 11) is 0. The summed E-state index contributed by atoms with van der Waals surface area (Å²) < 4.78 is 39.1. The van der Waals surface area contributed by atoms with Crippen molar-refractivity contribution < 1.29 is 17.9 Å². The summed E-state index contributed by atoms with van der Waals surface area (Å²) in [5.41, 5.74) is 4.97. The predicted octanol–water partition coefficient (Wildman–Crippen LogP) is 1.28. The van der Waals surface area contributed by atoms with Gasteiger partial charge in [-0.3, -0.25) is 5.41 Å².